The lowest BCUT2D eigenvalue weighted by molar-refractivity contribution is -0.148. The van der Waals surface area contributed by atoms with E-state index in [-0.39, 0.29) is 18.0 Å². The molecule has 1 aliphatic heterocycles. The van der Waals surface area contributed by atoms with Gasteiger partial charge in [0.1, 0.15) is 5.75 Å². The maximum Gasteiger partial charge on any atom is 0.348 e. The first-order valence-electron chi connectivity index (χ1n) is 10.8. The summed E-state index contributed by atoms with van der Waals surface area (Å²) in [4.78, 5) is 27.1. The van der Waals surface area contributed by atoms with Gasteiger partial charge in [-0.1, -0.05) is 51.8 Å². The summed E-state index contributed by atoms with van der Waals surface area (Å²) < 4.78 is 39.7. The number of halogens is 2. The summed E-state index contributed by atoms with van der Waals surface area (Å²) in [5.74, 6) is -0.829. The first-order valence-corrected chi connectivity index (χ1v) is 13.4. The van der Waals surface area contributed by atoms with Crippen molar-refractivity contribution in [3.63, 3.8) is 0 Å². The topological polar surface area (TPSA) is 93.2 Å². The fourth-order valence-electron chi connectivity index (χ4n) is 3.74. The lowest BCUT2D eigenvalue weighted by Gasteiger charge is -2.34. The summed E-state index contributed by atoms with van der Waals surface area (Å²) in [5.41, 5.74) is 1.13. The number of esters is 1. The monoisotopic (exact) mass is 592 g/mol. The van der Waals surface area contributed by atoms with Crippen molar-refractivity contribution in [3.8, 4) is 5.75 Å². The molecule has 188 valence electrons. The zero-order valence-electron chi connectivity index (χ0n) is 19.1. The van der Waals surface area contributed by atoms with Crippen LogP contribution >= 0.6 is 27.5 Å². The van der Waals surface area contributed by atoms with Crippen LogP contribution in [0, 0.1) is 0 Å². The quantitative estimate of drug-likeness (QED) is 0.380. The van der Waals surface area contributed by atoms with Crippen LogP contribution in [0.2, 0.25) is 5.02 Å². The smallest absolute Gasteiger partial charge is 0.348 e. The van der Waals surface area contributed by atoms with Gasteiger partial charge in [0.05, 0.1) is 30.8 Å². The molecule has 0 aromatic heterocycles. The van der Waals surface area contributed by atoms with Gasteiger partial charge in [0.15, 0.2) is 0 Å². The van der Waals surface area contributed by atoms with Gasteiger partial charge in [-0.3, -0.25) is 4.79 Å². The van der Waals surface area contributed by atoms with Gasteiger partial charge in [0.2, 0.25) is 22.0 Å². The van der Waals surface area contributed by atoms with Crippen molar-refractivity contribution >= 4 is 55.1 Å². The molecule has 0 bridgehead atoms. The summed E-state index contributed by atoms with van der Waals surface area (Å²) in [5, 5.41) is 0.392. The molecule has 3 aromatic carbocycles. The van der Waals surface area contributed by atoms with Gasteiger partial charge in [-0.2, -0.15) is 4.31 Å². The lowest BCUT2D eigenvalue weighted by Crippen LogP contribution is -2.50. The molecular weight excluding hydrogens is 572 g/mol. The van der Waals surface area contributed by atoms with Gasteiger partial charge in [-0.15, -0.1) is 0 Å². The Morgan fingerprint density at radius 1 is 1.08 bits per heavy atom. The number of carbonyl (C=O) groups is 2. The Morgan fingerprint density at radius 2 is 1.75 bits per heavy atom. The highest BCUT2D eigenvalue weighted by atomic mass is 79.9. The molecule has 0 fully saturated rings. The molecule has 4 rings (SSSR count). The Labute approximate surface area is 222 Å². The van der Waals surface area contributed by atoms with E-state index in [1.807, 2.05) is 0 Å². The number of rotatable bonds is 7. The van der Waals surface area contributed by atoms with Crippen LogP contribution in [0.25, 0.3) is 0 Å². The van der Waals surface area contributed by atoms with Crippen molar-refractivity contribution in [2.75, 3.05) is 25.1 Å². The molecule has 1 heterocycles. The average Bonchev–Trinajstić information content (AvgIpc) is 2.88. The van der Waals surface area contributed by atoms with Crippen LogP contribution in [0.3, 0.4) is 0 Å². The van der Waals surface area contributed by atoms with Crippen molar-refractivity contribution in [3.05, 3.63) is 87.9 Å². The normalized spacial score (nSPS) is 15.2. The highest BCUT2D eigenvalue weighted by Crippen LogP contribution is 2.34. The van der Waals surface area contributed by atoms with Gasteiger partial charge in [0.25, 0.3) is 0 Å². The number of hydrogen-bond donors (Lipinski definition) is 0. The predicted octanol–water partition coefficient (Wildman–Crippen LogP) is 4.26. The first-order chi connectivity index (χ1) is 17.2. The van der Waals surface area contributed by atoms with Gasteiger partial charge in [-0.25, -0.2) is 13.2 Å². The van der Waals surface area contributed by atoms with Crippen molar-refractivity contribution in [2.24, 2.45) is 0 Å². The van der Waals surface area contributed by atoms with Gasteiger partial charge in [0, 0.05) is 16.0 Å². The number of anilines is 1. The lowest BCUT2D eigenvalue weighted by atomic mass is 10.2. The first kappa shape index (κ1) is 26.2. The zero-order valence-corrected chi connectivity index (χ0v) is 22.3. The number of nitrogens with zero attached hydrogens (tertiary/aromatic N) is 2. The molecular formula is C25H22BrClN2O6S. The van der Waals surface area contributed by atoms with E-state index < -0.39 is 34.5 Å². The van der Waals surface area contributed by atoms with Gasteiger partial charge >= 0.3 is 5.97 Å². The number of para-hydroxylation sites is 2. The summed E-state index contributed by atoms with van der Waals surface area (Å²) in [6.07, 6.45) is -1.04. The van der Waals surface area contributed by atoms with E-state index in [9.17, 15) is 18.0 Å². The van der Waals surface area contributed by atoms with Crippen molar-refractivity contribution in [1.82, 2.24) is 4.31 Å². The molecule has 8 nitrogen and oxygen atoms in total. The summed E-state index contributed by atoms with van der Waals surface area (Å²) in [7, 11) is -2.85. The Kier molecular flexibility index (Phi) is 7.99. The van der Waals surface area contributed by atoms with Crippen LogP contribution in [0.1, 0.15) is 5.56 Å². The Morgan fingerprint density at radius 3 is 2.42 bits per heavy atom. The Balaban J connectivity index is 1.68. The van der Waals surface area contributed by atoms with E-state index in [1.165, 1.54) is 36.3 Å². The molecule has 0 saturated carbocycles. The number of amides is 1. The number of benzene rings is 3. The fraction of sp³-hybridized carbons (Fsp3) is 0.200. The van der Waals surface area contributed by atoms with Crippen molar-refractivity contribution in [1.29, 1.82) is 0 Å². The number of methoxy groups -OCH3 is 1. The molecule has 0 spiro atoms. The van der Waals surface area contributed by atoms with Gasteiger partial charge < -0.3 is 14.4 Å². The second kappa shape index (κ2) is 11.0. The van der Waals surface area contributed by atoms with Crippen molar-refractivity contribution in [2.45, 2.75) is 17.5 Å². The SMILES string of the molecule is COC(=O)C1CN(C(=O)CN(Cc2ccc(Br)cc2)S(=O)(=O)c2ccc(Cl)cc2)c2ccccc2O1. The Hall–Kier alpha value is -2.92. The van der Waals surface area contributed by atoms with E-state index in [0.29, 0.717) is 22.0 Å². The number of sulfonamides is 1. The van der Waals surface area contributed by atoms with E-state index >= 15 is 0 Å². The van der Waals surface area contributed by atoms with Crippen LogP contribution in [0.4, 0.5) is 5.69 Å². The maximum atomic E-state index is 13.6. The Bertz CT molecular complexity index is 1370. The molecule has 36 heavy (non-hydrogen) atoms. The van der Waals surface area contributed by atoms with E-state index in [4.69, 9.17) is 21.1 Å². The van der Waals surface area contributed by atoms with E-state index in [1.54, 1.807) is 48.5 Å². The molecule has 1 aliphatic rings. The second-order valence-electron chi connectivity index (χ2n) is 7.96. The minimum atomic E-state index is -4.08. The number of hydrogen-bond acceptors (Lipinski definition) is 6. The summed E-state index contributed by atoms with van der Waals surface area (Å²) in [6, 6.07) is 19.6. The van der Waals surface area contributed by atoms with Crippen LogP contribution in [0.15, 0.2) is 82.2 Å². The zero-order chi connectivity index (χ0) is 25.9. The minimum Gasteiger partial charge on any atom is -0.475 e. The molecule has 3 aromatic rings. The minimum absolute atomic E-state index is 0.00614. The highest BCUT2D eigenvalue weighted by molar-refractivity contribution is 9.10. The number of carbonyl (C=O) groups excluding carboxylic acids is 2. The predicted molar refractivity (Wildman–Crippen MR) is 138 cm³/mol. The highest BCUT2D eigenvalue weighted by Gasteiger charge is 2.36. The molecule has 11 heteroatoms. The molecule has 1 unspecified atom stereocenters. The second-order valence-corrected chi connectivity index (χ2v) is 11.2. The summed E-state index contributed by atoms with van der Waals surface area (Å²) in [6.45, 7) is -0.630. The fourth-order valence-corrected chi connectivity index (χ4v) is 5.50. The number of fused-ring (bicyclic) bond motifs is 1. The molecule has 1 atom stereocenters. The van der Waals surface area contributed by atoms with Crippen LogP contribution in [-0.4, -0.2) is 50.9 Å². The molecule has 1 amide bonds. The summed E-state index contributed by atoms with van der Waals surface area (Å²) >= 11 is 9.32. The third-order valence-electron chi connectivity index (χ3n) is 5.57. The van der Waals surface area contributed by atoms with Crippen LogP contribution in [0.5, 0.6) is 5.75 Å². The van der Waals surface area contributed by atoms with E-state index in [0.717, 1.165) is 8.78 Å². The molecule has 0 N–H and O–H groups in total. The maximum absolute atomic E-state index is 13.6. The van der Waals surface area contributed by atoms with Crippen LogP contribution < -0.4 is 9.64 Å². The molecule has 0 saturated heterocycles. The van der Waals surface area contributed by atoms with E-state index in [2.05, 4.69) is 15.9 Å². The standard InChI is InChI=1S/C25H22BrClN2O6S/c1-34-25(31)23-15-29(21-4-2-3-5-22(21)35-23)24(30)16-28(14-17-6-8-18(26)9-7-17)36(32,33)20-12-10-19(27)11-13-20/h2-13,23H,14-16H2,1H3. The van der Waals surface area contributed by atoms with Crippen molar-refractivity contribution < 1.29 is 27.5 Å². The largest absolute Gasteiger partial charge is 0.475 e. The third kappa shape index (κ3) is 5.73. The number of ether oxygens (including phenoxy) is 2. The van der Waals surface area contributed by atoms with Crippen LogP contribution in [-0.2, 0) is 30.9 Å². The average molecular weight is 594 g/mol. The third-order valence-corrected chi connectivity index (χ3v) is 8.16. The van der Waals surface area contributed by atoms with Gasteiger partial charge in [-0.05, 0) is 54.1 Å². The molecule has 0 radical (unpaired) electrons. The molecule has 0 aliphatic carbocycles.